The van der Waals surface area contributed by atoms with Crippen molar-refractivity contribution in [2.75, 3.05) is 27.2 Å². The molecule has 0 heterocycles. The van der Waals surface area contributed by atoms with Gasteiger partial charge in [0, 0.05) is 11.6 Å². The summed E-state index contributed by atoms with van der Waals surface area (Å²) < 4.78 is 5.28. The molecule has 0 spiro atoms. The minimum atomic E-state index is -0.467. The molecule has 2 rings (SSSR count). The molecule has 0 aromatic heterocycles. The summed E-state index contributed by atoms with van der Waals surface area (Å²) in [6.07, 6.45) is 0.853. The molecule has 0 radical (unpaired) electrons. The number of hydrogen-bond acceptors (Lipinski definition) is 3. The maximum Gasteiger partial charge on any atom is 0.316 e. The normalized spacial score (nSPS) is 25.4. The van der Waals surface area contributed by atoms with E-state index in [1.54, 1.807) is 0 Å². The number of carbonyl (C=O) groups is 1. The molecule has 0 amide bonds. The zero-order valence-corrected chi connectivity index (χ0v) is 12.4. The van der Waals surface area contributed by atoms with Crippen molar-refractivity contribution in [3.63, 3.8) is 0 Å². The van der Waals surface area contributed by atoms with Gasteiger partial charge in [-0.15, -0.1) is 0 Å². The van der Waals surface area contributed by atoms with Gasteiger partial charge in [-0.3, -0.25) is 4.79 Å². The molecule has 3 nitrogen and oxygen atoms in total. The maximum absolute atomic E-state index is 12.3. The number of nitrogens with zero attached hydrogens (tertiary/aromatic N) is 1. The Morgan fingerprint density at radius 1 is 1.42 bits per heavy atom. The highest BCUT2D eigenvalue weighted by atomic mass is 35.5. The molecular formula is C15H20ClNO2. The Hall–Kier alpha value is -1.06. The summed E-state index contributed by atoms with van der Waals surface area (Å²) >= 11 is 5.92. The number of halogens is 1. The van der Waals surface area contributed by atoms with Crippen molar-refractivity contribution in [3.05, 3.63) is 34.9 Å². The van der Waals surface area contributed by atoms with Gasteiger partial charge in [0.1, 0.15) is 0 Å². The molecule has 1 aliphatic carbocycles. The fourth-order valence-electron chi connectivity index (χ4n) is 2.72. The zero-order valence-electron chi connectivity index (χ0n) is 11.6. The number of benzene rings is 1. The topological polar surface area (TPSA) is 29.5 Å². The number of hydrogen-bond donors (Lipinski definition) is 0. The van der Waals surface area contributed by atoms with Crippen LogP contribution in [0.15, 0.2) is 24.3 Å². The standard InChI is InChI=1S/C15H20ClNO2/c1-4-19-14(18)15(9-12(15)10-17(2)3)11-5-7-13(16)8-6-11/h5-8,12H,4,9-10H2,1-3H3/t12?,15-/m1/s1. The van der Waals surface area contributed by atoms with E-state index >= 15 is 0 Å². The van der Waals surface area contributed by atoms with E-state index < -0.39 is 5.41 Å². The first kappa shape index (κ1) is 14.4. The van der Waals surface area contributed by atoms with Crippen molar-refractivity contribution < 1.29 is 9.53 Å². The fourth-order valence-corrected chi connectivity index (χ4v) is 2.85. The summed E-state index contributed by atoms with van der Waals surface area (Å²) in [5.41, 5.74) is 0.549. The van der Waals surface area contributed by atoms with Crippen LogP contribution in [0.4, 0.5) is 0 Å². The predicted octanol–water partition coefficient (Wildman–Crippen LogP) is 2.72. The summed E-state index contributed by atoms with van der Waals surface area (Å²) in [5.74, 6) is 0.215. The molecule has 0 aliphatic heterocycles. The van der Waals surface area contributed by atoms with Crippen LogP contribution in [0.1, 0.15) is 18.9 Å². The summed E-state index contributed by atoms with van der Waals surface area (Å²) in [6.45, 7) is 3.15. The van der Waals surface area contributed by atoms with Crippen LogP contribution in [0.5, 0.6) is 0 Å². The quantitative estimate of drug-likeness (QED) is 0.777. The highest BCUT2D eigenvalue weighted by Gasteiger charge is 2.62. The van der Waals surface area contributed by atoms with E-state index in [2.05, 4.69) is 4.90 Å². The number of rotatable bonds is 5. The lowest BCUT2D eigenvalue weighted by Gasteiger charge is -2.18. The van der Waals surface area contributed by atoms with Gasteiger partial charge in [-0.1, -0.05) is 23.7 Å². The van der Waals surface area contributed by atoms with Gasteiger partial charge < -0.3 is 9.64 Å². The molecule has 1 saturated carbocycles. The van der Waals surface area contributed by atoms with Crippen molar-refractivity contribution in [2.45, 2.75) is 18.8 Å². The lowest BCUT2D eigenvalue weighted by Crippen LogP contribution is -2.29. The van der Waals surface area contributed by atoms with Crippen LogP contribution < -0.4 is 0 Å². The number of esters is 1. The van der Waals surface area contributed by atoms with E-state index in [1.165, 1.54) is 0 Å². The Labute approximate surface area is 119 Å². The largest absolute Gasteiger partial charge is 0.465 e. The van der Waals surface area contributed by atoms with Gasteiger partial charge in [-0.2, -0.15) is 0 Å². The van der Waals surface area contributed by atoms with Gasteiger partial charge in [0.2, 0.25) is 0 Å². The Morgan fingerprint density at radius 2 is 2.05 bits per heavy atom. The van der Waals surface area contributed by atoms with Crippen molar-refractivity contribution in [1.82, 2.24) is 4.90 Å². The second-order valence-electron chi connectivity index (χ2n) is 5.36. The van der Waals surface area contributed by atoms with E-state index in [9.17, 15) is 4.79 Å². The van der Waals surface area contributed by atoms with Crippen molar-refractivity contribution in [3.8, 4) is 0 Å². The molecule has 1 unspecified atom stereocenters. The average Bonchev–Trinajstić information content (AvgIpc) is 3.04. The van der Waals surface area contributed by atoms with Gasteiger partial charge in [0.25, 0.3) is 0 Å². The van der Waals surface area contributed by atoms with Crippen LogP contribution in [-0.4, -0.2) is 38.1 Å². The van der Waals surface area contributed by atoms with Crippen LogP contribution >= 0.6 is 11.6 Å². The van der Waals surface area contributed by atoms with Gasteiger partial charge in [-0.25, -0.2) is 0 Å². The lowest BCUT2D eigenvalue weighted by atomic mass is 9.93. The second-order valence-corrected chi connectivity index (χ2v) is 5.80. The third-order valence-corrected chi connectivity index (χ3v) is 3.94. The maximum atomic E-state index is 12.3. The lowest BCUT2D eigenvalue weighted by molar-refractivity contribution is -0.146. The van der Waals surface area contributed by atoms with Gasteiger partial charge >= 0.3 is 5.97 Å². The van der Waals surface area contributed by atoms with Crippen molar-refractivity contribution >= 4 is 17.6 Å². The molecule has 0 saturated heterocycles. The molecule has 1 aromatic carbocycles. The average molecular weight is 282 g/mol. The van der Waals surface area contributed by atoms with E-state index in [-0.39, 0.29) is 5.97 Å². The first-order valence-corrected chi connectivity index (χ1v) is 6.96. The molecule has 4 heteroatoms. The van der Waals surface area contributed by atoms with E-state index in [4.69, 9.17) is 16.3 Å². The summed E-state index contributed by atoms with van der Waals surface area (Å²) in [7, 11) is 4.05. The summed E-state index contributed by atoms with van der Waals surface area (Å²) in [4.78, 5) is 14.4. The molecule has 2 atom stereocenters. The van der Waals surface area contributed by atoms with Crippen molar-refractivity contribution in [1.29, 1.82) is 0 Å². The number of carbonyl (C=O) groups excluding carboxylic acids is 1. The van der Waals surface area contributed by atoms with Crippen LogP contribution in [0.2, 0.25) is 5.02 Å². The minimum Gasteiger partial charge on any atom is -0.465 e. The Bertz CT molecular complexity index is 458. The third-order valence-electron chi connectivity index (χ3n) is 3.69. The molecule has 19 heavy (non-hydrogen) atoms. The molecule has 104 valence electrons. The second kappa shape index (κ2) is 5.51. The predicted molar refractivity (Wildman–Crippen MR) is 76.4 cm³/mol. The monoisotopic (exact) mass is 281 g/mol. The first-order valence-electron chi connectivity index (χ1n) is 6.58. The Kier molecular flexibility index (Phi) is 4.16. The molecule has 0 bridgehead atoms. The Morgan fingerprint density at radius 3 is 2.58 bits per heavy atom. The first-order chi connectivity index (χ1) is 9.00. The summed E-state index contributed by atoms with van der Waals surface area (Å²) in [6, 6.07) is 7.55. The highest BCUT2D eigenvalue weighted by molar-refractivity contribution is 6.30. The third kappa shape index (κ3) is 2.77. The SMILES string of the molecule is CCOC(=O)[C@@]1(c2ccc(Cl)cc2)CC1CN(C)C. The van der Waals surface area contributed by atoms with Crippen LogP contribution in [0, 0.1) is 5.92 Å². The molecule has 0 N–H and O–H groups in total. The smallest absolute Gasteiger partial charge is 0.316 e. The molecule has 1 aliphatic rings. The molecule has 1 aromatic rings. The molecular weight excluding hydrogens is 262 g/mol. The number of ether oxygens (including phenoxy) is 1. The van der Waals surface area contributed by atoms with Crippen LogP contribution in [0.25, 0.3) is 0 Å². The van der Waals surface area contributed by atoms with Gasteiger partial charge in [-0.05, 0) is 51.1 Å². The zero-order chi connectivity index (χ0) is 14.0. The Balaban J connectivity index is 2.26. The minimum absolute atomic E-state index is 0.107. The fraction of sp³-hybridized carbons (Fsp3) is 0.533. The molecule has 1 fully saturated rings. The highest BCUT2D eigenvalue weighted by Crippen LogP contribution is 2.55. The van der Waals surface area contributed by atoms with Crippen LogP contribution in [-0.2, 0) is 14.9 Å². The van der Waals surface area contributed by atoms with Crippen molar-refractivity contribution in [2.24, 2.45) is 5.92 Å². The van der Waals surface area contributed by atoms with E-state index in [0.29, 0.717) is 17.5 Å². The van der Waals surface area contributed by atoms with E-state index in [1.807, 2.05) is 45.3 Å². The summed E-state index contributed by atoms with van der Waals surface area (Å²) in [5, 5.41) is 0.688. The van der Waals surface area contributed by atoms with E-state index in [0.717, 1.165) is 18.5 Å². The van der Waals surface area contributed by atoms with Gasteiger partial charge in [0.15, 0.2) is 0 Å². The van der Waals surface area contributed by atoms with Gasteiger partial charge in [0.05, 0.1) is 12.0 Å². The van der Waals surface area contributed by atoms with Crippen LogP contribution in [0.3, 0.4) is 0 Å².